The maximum Gasteiger partial charge on any atom is 0.269 e. The zero-order valence-electron chi connectivity index (χ0n) is 18.4. The molecule has 7 nitrogen and oxygen atoms in total. The predicted molar refractivity (Wildman–Crippen MR) is 124 cm³/mol. The average Bonchev–Trinajstić information content (AvgIpc) is 2.85. The van der Waals surface area contributed by atoms with Gasteiger partial charge in [-0.05, 0) is 55.3 Å². The molecule has 3 N–H and O–H groups in total. The van der Waals surface area contributed by atoms with Crippen LogP contribution in [-0.2, 0) is 9.59 Å². The highest BCUT2D eigenvalue weighted by Crippen LogP contribution is 2.35. The molecule has 1 heterocycles. The molecule has 0 bridgehead atoms. The second kappa shape index (κ2) is 9.79. The third-order valence-electron chi connectivity index (χ3n) is 6.16. The number of carbonyl (C=O) groups is 2. The monoisotopic (exact) mass is 461 g/mol. The first kappa shape index (κ1) is 23.1. The average molecular weight is 461 g/mol. The van der Waals surface area contributed by atoms with E-state index in [-0.39, 0.29) is 34.2 Å². The number of para-hydroxylation sites is 1. The number of hydrogen-bond acceptors (Lipinski definition) is 5. The predicted octanol–water partition coefficient (Wildman–Crippen LogP) is 4.11. The van der Waals surface area contributed by atoms with Gasteiger partial charge in [-0.25, -0.2) is 4.39 Å². The highest BCUT2D eigenvalue weighted by atomic mass is 19.1. The van der Waals surface area contributed by atoms with Gasteiger partial charge in [-0.2, -0.15) is 5.26 Å². The first-order valence-electron chi connectivity index (χ1n) is 11.1. The third kappa shape index (κ3) is 4.50. The Morgan fingerprint density at radius 1 is 1.09 bits per heavy atom. The summed E-state index contributed by atoms with van der Waals surface area (Å²) in [6, 6.07) is 11.4. The lowest BCUT2D eigenvalue weighted by molar-refractivity contribution is -0.125. The van der Waals surface area contributed by atoms with E-state index >= 15 is 0 Å². The molecule has 0 spiro atoms. The summed E-state index contributed by atoms with van der Waals surface area (Å²) in [5, 5.41) is 34.0. The number of hydrogen-bond donors (Lipinski definition) is 3. The van der Waals surface area contributed by atoms with E-state index in [4.69, 9.17) is 0 Å². The normalized spacial score (nSPS) is 20.4. The van der Waals surface area contributed by atoms with Gasteiger partial charge in [-0.1, -0.05) is 31.4 Å². The van der Waals surface area contributed by atoms with Gasteiger partial charge in [0.1, 0.15) is 35.0 Å². The van der Waals surface area contributed by atoms with Crippen molar-refractivity contribution in [3.05, 3.63) is 77.1 Å². The number of phenolic OH excluding ortho intramolecular Hbond substituents is 1. The lowest BCUT2D eigenvalue weighted by Gasteiger charge is -2.36. The van der Waals surface area contributed by atoms with E-state index in [9.17, 15) is 29.5 Å². The Balaban J connectivity index is 1.88. The number of carbonyl (C=O) groups excluding carboxylic acids is 2. The molecule has 1 aliphatic carbocycles. The number of rotatable bonds is 4. The molecular formula is C26H24FN3O4. The van der Waals surface area contributed by atoms with Crippen LogP contribution < -0.4 is 10.2 Å². The minimum atomic E-state index is -1.34. The van der Waals surface area contributed by atoms with E-state index in [0.29, 0.717) is 0 Å². The molecule has 4 rings (SSSR count). The van der Waals surface area contributed by atoms with E-state index in [0.717, 1.165) is 49.1 Å². The van der Waals surface area contributed by atoms with Crippen LogP contribution in [0.4, 0.5) is 10.1 Å². The second-order valence-corrected chi connectivity index (χ2v) is 8.39. The molecule has 0 radical (unpaired) electrons. The number of benzene rings is 2. The number of anilines is 1. The summed E-state index contributed by atoms with van der Waals surface area (Å²) in [4.78, 5) is 27.9. The molecule has 1 atom stereocenters. The van der Waals surface area contributed by atoms with Crippen molar-refractivity contribution < 1.29 is 24.2 Å². The van der Waals surface area contributed by atoms with Gasteiger partial charge < -0.3 is 15.5 Å². The second-order valence-electron chi connectivity index (χ2n) is 8.39. The molecule has 34 heavy (non-hydrogen) atoms. The van der Waals surface area contributed by atoms with Crippen molar-refractivity contribution in [3.8, 4) is 11.8 Å². The molecule has 1 saturated carbocycles. The number of aromatic hydroxyl groups is 1. The van der Waals surface area contributed by atoms with E-state index in [1.807, 2.05) is 6.07 Å². The molecule has 2 aromatic rings. The number of amides is 2. The molecule has 1 fully saturated rings. The van der Waals surface area contributed by atoms with Crippen LogP contribution in [0.15, 0.2) is 65.8 Å². The van der Waals surface area contributed by atoms with Crippen LogP contribution >= 0.6 is 0 Å². The summed E-state index contributed by atoms with van der Waals surface area (Å²) in [6.07, 6.45) is 5.80. The highest BCUT2D eigenvalue weighted by Gasteiger charge is 2.41. The maximum absolute atomic E-state index is 13.6. The van der Waals surface area contributed by atoms with Gasteiger partial charge in [0.25, 0.3) is 5.91 Å². The quantitative estimate of drug-likeness (QED) is 0.593. The van der Waals surface area contributed by atoms with E-state index < -0.39 is 29.4 Å². The van der Waals surface area contributed by atoms with Crippen LogP contribution in [0.1, 0.15) is 37.7 Å². The molecule has 1 unspecified atom stereocenters. The Kier molecular flexibility index (Phi) is 6.64. The van der Waals surface area contributed by atoms with Crippen molar-refractivity contribution in [2.75, 3.05) is 4.90 Å². The lowest BCUT2D eigenvalue weighted by Crippen LogP contribution is -2.55. The largest absolute Gasteiger partial charge is 0.507 e. The Hall–Kier alpha value is -4.12. The molecule has 2 aromatic carbocycles. The minimum Gasteiger partial charge on any atom is -0.507 e. The third-order valence-corrected chi connectivity index (χ3v) is 6.16. The van der Waals surface area contributed by atoms with Gasteiger partial charge in [0.05, 0.1) is 5.56 Å². The fourth-order valence-electron chi connectivity index (χ4n) is 4.44. The standard InChI is InChI=1S/C26H24FN3O4/c27-17-10-12-19(13-11-17)30-23(25(33)29-18-6-2-1-3-7-18)21(14-16(15-28)26(30)34)24(32)20-8-4-5-9-22(20)31/h4-5,8-14,18,23,31-32H,1-3,6-7H2,(H,29,33). The Morgan fingerprint density at radius 2 is 1.76 bits per heavy atom. The number of nitrogens with one attached hydrogen (secondary N) is 1. The molecule has 2 amide bonds. The van der Waals surface area contributed by atoms with Crippen molar-refractivity contribution in [2.24, 2.45) is 0 Å². The summed E-state index contributed by atoms with van der Waals surface area (Å²) in [7, 11) is 0. The maximum atomic E-state index is 13.6. The fraction of sp³-hybridized carbons (Fsp3) is 0.269. The zero-order chi connectivity index (χ0) is 24.2. The van der Waals surface area contributed by atoms with Gasteiger partial charge in [0, 0.05) is 17.3 Å². The van der Waals surface area contributed by atoms with E-state index in [1.165, 1.54) is 30.3 Å². The topological polar surface area (TPSA) is 114 Å². The van der Waals surface area contributed by atoms with E-state index in [2.05, 4.69) is 5.32 Å². The van der Waals surface area contributed by atoms with Gasteiger partial charge in [-0.3, -0.25) is 14.5 Å². The van der Waals surface area contributed by atoms with Crippen molar-refractivity contribution in [2.45, 2.75) is 44.2 Å². The van der Waals surface area contributed by atoms with Crippen LogP contribution in [0, 0.1) is 17.1 Å². The summed E-state index contributed by atoms with van der Waals surface area (Å²) >= 11 is 0. The molecule has 1 aliphatic heterocycles. The summed E-state index contributed by atoms with van der Waals surface area (Å²) in [5.41, 5.74) is -0.0770. The SMILES string of the molecule is N#CC1=CC(=C(O)c2ccccc2O)C(C(=O)NC2CCCCC2)N(c2ccc(F)cc2)C1=O. The molecule has 8 heteroatoms. The van der Waals surface area contributed by atoms with Crippen LogP contribution in [0.5, 0.6) is 5.75 Å². The van der Waals surface area contributed by atoms with Gasteiger partial charge >= 0.3 is 0 Å². The van der Waals surface area contributed by atoms with Crippen LogP contribution in [0.2, 0.25) is 0 Å². The lowest BCUT2D eigenvalue weighted by atomic mass is 9.90. The fourth-order valence-corrected chi connectivity index (χ4v) is 4.44. The summed E-state index contributed by atoms with van der Waals surface area (Å²) < 4.78 is 13.6. The van der Waals surface area contributed by atoms with Crippen molar-refractivity contribution in [1.82, 2.24) is 5.32 Å². The molecule has 0 saturated heterocycles. The summed E-state index contributed by atoms with van der Waals surface area (Å²) in [6.45, 7) is 0. The smallest absolute Gasteiger partial charge is 0.269 e. The van der Waals surface area contributed by atoms with Crippen molar-refractivity contribution >= 4 is 23.3 Å². The molecule has 0 aromatic heterocycles. The number of aliphatic hydroxyl groups is 1. The number of halogens is 1. The van der Waals surface area contributed by atoms with Crippen molar-refractivity contribution in [3.63, 3.8) is 0 Å². The number of aliphatic hydroxyl groups excluding tert-OH is 1. The first-order valence-corrected chi connectivity index (χ1v) is 11.1. The zero-order valence-corrected chi connectivity index (χ0v) is 18.4. The number of phenols is 1. The number of nitrogens with zero attached hydrogens (tertiary/aromatic N) is 2. The van der Waals surface area contributed by atoms with E-state index in [1.54, 1.807) is 12.1 Å². The van der Waals surface area contributed by atoms with Crippen molar-refractivity contribution in [1.29, 1.82) is 5.26 Å². The molecule has 174 valence electrons. The Labute approximate surface area is 196 Å². The van der Waals surface area contributed by atoms with Gasteiger partial charge in [0.15, 0.2) is 0 Å². The van der Waals surface area contributed by atoms with Crippen LogP contribution in [0.3, 0.4) is 0 Å². The van der Waals surface area contributed by atoms with Crippen LogP contribution in [0.25, 0.3) is 5.76 Å². The number of nitriles is 1. The molecule has 2 aliphatic rings. The van der Waals surface area contributed by atoms with Gasteiger partial charge in [-0.15, -0.1) is 0 Å². The Bertz CT molecular complexity index is 1210. The first-order chi connectivity index (χ1) is 16.4. The Morgan fingerprint density at radius 3 is 2.41 bits per heavy atom. The minimum absolute atomic E-state index is 0.0183. The highest BCUT2D eigenvalue weighted by molar-refractivity contribution is 6.15. The van der Waals surface area contributed by atoms with Crippen LogP contribution in [-0.4, -0.2) is 34.1 Å². The van der Waals surface area contributed by atoms with Gasteiger partial charge in [0.2, 0.25) is 5.91 Å². The summed E-state index contributed by atoms with van der Waals surface area (Å²) in [5.74, 6) is -2.47. The molecular weight excluding hydrogens is 437 g/mol.